The van der Waals surface area contributed by atoms with Crippen LogP contribution in [0.2, 0.25) is 10.0 Å². The average molecular weight is 389 g/mol. The lowest BCUT2D eigenvalue weighted by Crippen LogP contribution is -2.43. The minimum atomic E-state index is -0.598. The van der Waals surface area contributed by atoms with Gasteiger partial charge < -0.3 is 19.6 Å². The first-order valence-corrected chi connectivity index (χ1v) is 8.86. The fourth-order valence-corrected chi connectivity index (χ4v) is 3.54. The van der Waals surface area contributed by atoms with E-state index in [1.165, 1.54) is 4.90 Å². The number of aliphatic hydroxyl groups excluding tert-OH is 1. The van der Waals surface area contributed by atoms with Crippen LogP contribution in [0.15, 0.2) is 12.1 Å². The normalized spacial score (nSPS) is 16.8. The summed E-state index contributed by atoms with van der Waals surface area (Å²) in [6, 6.07) is 3.45. The van der Waals surface area contributed by atoms with Crippen molar-refractivity contribution in [3.63, 3.8) is 0 Å². The molecule has 0 unspecified atom stereocenters. The van der Waals surface area contributed by atoms with Crippen molar-refractivity contribution in [3.8, 4) is 5.75 Å². The van der Waals surface area contributed by atoms with E-state index in [0.29, 0.717) is 35.4 Å². The highest BCUT2D eigenvalue weighted by atomic mass is 35.5. The number of amides is 2. The molecule has 8 heteroatoms. The SMILES string of the molecule is CCN(CC(=O)N1CC[C@H](c2c(OC)ccc(Cl)c2Cl)C1)C(=O)CO. The van der Waals surface area contributed by atoms with Gasteiger partial charge in [-0.05, 0) is 25.5 Å². The van der Waals surface area contributed by atoms with Gasteiger partial charge in [-0.15, -0.1) is 0 Å². The van der Waals surface area contributed by atoms with Gasteiger partial charge in [0.2, 0.25) is 11.8 Å². The second kappa shape index (κ2) is 8.74. The van der Waals surface area contributed by atoms with Crippen molar-refractivity contribution in [2.24, 2.45) is 0 Å². The van der Waals surface area contributed by atoms with Crippen LogP contribution >= 0.6 is 23.2 Å². The second-order valence-electron chi connectivity index (χ2n) is 5.87. The van der Waals surface area contributed by atoms with Gasteiger partial charge in [0.15, 0.2) is 0 Å². The highest BCUT2D eigenvalue weighted by Gasteiger charge is 2.32. The van der Waals surface area contributed by atoms with Gasteiger partial charge in [-0.1, -0.05) is 23.2 Å². The molecule has 2 rings (SSSR count). The maximum Gasteiger partial charge on any atom is 0.248 e. The van der Waals surface area contributed by atoms with Crippen LogP contribution in [0.4, 0.5) is 0 Å². The molecule has 25 heavy (non-hydrogen) atoms. The summed E-state index contributed by atoms with van der Waals surface area (Å²) in [5.41, 5.74) is 0.811. The Morgan fingerprint density at radius 2 is 2.12 bits per heavy atom. The van der Waals surface area contributed by atoms with E-state index in [0.717, 1.165) is 12.0 Å². The third-order valence-electron chi connectivity index (χ3n) is 4.46. The number of aliphatic hydroxyl groups is 1. The zero-order valence-electron chi connectivity index (χ0n) is 14.3. The van der Waals surface area contributed by atoms with Gasteiger partial charge in [0.25, 0.3) is 0 Å². The molecule has 1 aliphatic rings. The van der Waals surface area contributed by atoms with Crippen molar-refractivity contribution in [2.45, 2.75) is 19.3 Å². The molecule has 2 amide bonds. The van der Waals surface area contributed by atoms with Crippen molar-refractivity contribution in [2.75, 3.05) is 39.9 Å². The minimum Gasteiger partial charge on any atom is -0.496 e. The first-order chi connectivity index (χ1) is 11.9. The summed E-state index contributed by atoms with van der Waals surface area (Å²) in [4.78, 5) is 27.1. The van der Waals surface area contributed by atoms with E-state index in [9.17, 15) is 9.59 Å². The van der Waals surface area contributed by atoms with E-state index in [2.05, 4.69) is 0 Å². The number of nitrogens with zero attached hydrogens (tertiary/aromatic N) is 2. The number of hydrogen-bond acceptors (Lipinski definition) is 4. The van der Waals surface area contributed by atoms with E-state index in [4.69, 9.17) is 33.0 Å². The van der Waals surface area contributed by atoms with E-state index in [1.54, 1.807) is 31.1 Å². The Bertz CT molecular complexity index is 654. The Morgan fingerprint density at radius 1 is 1.40 bits per heavy atom. The Balaban J connectivity index is 2.10. The van der Waals surface area contributed by atoms with Crippen LogP contribution in [0.25, 0.3) is 0 Å². The third-order valence-corrected chi connectivity index (χ3v) is 5.28. The van der Waals surface area contributed by atoms with Crippen molar-refractivity contribution in [1.82, 2.24) is 9.80 Å². The predicted molar refractivity (Wildman–Crippen MR) is 96.3 cm³/mol. The fourth-order valence-electron chi connectivity index (χ4n) is 3.07. The van der Waals surface area contributed by atoms with E-state index < -0.39 is 12.5 Å². The number of likely N-dealkylation sites (tertiary alicyclic amines) is 1. The zero-order chi connectivity index (χ0) is 18.6. The lowest BCUT2D eigenvalue weighted by Gasteiger charge is -2.24. The molecule has 6 nitrogen and oxygen atoms in total. The van der Waals surface area contributed by atoms with Crippen LogP contribution < -0.4 is 4.74 Å². The Morgan fingerprint density at radius 3 is 2.72 bits per heavy atom. The van der Waals surface area contributed by atoms with Gasteiger partial charge >= 0.3 is 0 Å². The second-order valence-corrected chi connectivity index (χ2v) is 6.65. The predicted octanol–water partition coefficient (Wildman–Crippen LogP) is 2.16. The van der Waals surface area contributed by atoms with Crippen molar-refractivity contribution < 1.29 is 19.4 Å². The fraction of sp³-hybridized carbons (Fsp3) is 0.529. The zero-order valence-corrected chi connectivity index (χ0v) is 15.8. The van der Waals surface area contributed by atoms with Crippen molar-refractivity contribution in [1.29, 1.82) is 0 Å². The molecule has 1 N–H and O–H groups in total. The molecule has 0 bridgehead atoms. The molecule has 1 aliphatic heterocycles. The molecule has 1 saturated heterocycles. The smallest absolute Gasteiger partial charge is 0.248 e. The Hall–Kier alpha value is -1.50. The Kier molecular flexibility index (Phi) is 6.93. The topological polar surface area (TPSA) is 70.1 Å². The molecule has 1 atom stereocenters. The lowest BCUT2D eigenvalue weighted by atomic mass is 9.97. The van der Waals surface area contributed by atoms with Gasteiger partial charge in [-0.3, -0.25) is 9.59 Å². The Labute approximate surface area is 157 Å². The van der Waals surface area contributed by atoms with E-state index in [-0.39, 0.29) is 18.4 Å². The van der Waals surface area contributed by atoms with E-state index >= 15 is 0 Å². The number of likely N-dealkylation sites (N-methyl/N-ethyl adjacent to an activating group) is 1. The summed E-state index contributed by atoms with van der Waals surface area (Å²) >= 11 is 12.5. The largest absolute Gasteiger partial charge is 0.496 e. The highest BCUT2D eigenvalue weighted by Crippen LogP contribution is 2.41. The number of hydrogen-bond donors (Lipinski definition) is 1. The highest BCUT2D eigenvalue weighted by molar-refractivity contribution is 6.42. The summed E-state index contributed by atoms with van der Waals surface area (Å²) in [6.45, 7) is 2.56. The number of methoxy groups -OCH3 is 1. The molecule has 1 aromatic rings. The molecular formula is C17H22Cl2N2O4. The van der Waals surface area contributed by atoms with Crippen LogP contribution in [0.3, 0.4) is 0 Å². The summed E-state index contributed by atoms with van der Waals surface area (Å²) in [6.07, 6.45) is 0.738. The number of carbonyl (C=O) groups excluding carboxylic acids is 2. The number of benzene rings is 1. The minimum absolute atomic E-state index is 0.0220. The molecular weight excluding hydrogens is 367 g/mol. The molecule has 1 fully saturated rings. The van der Waals surface area contributed by atoms with E-state index in [1.807, 2.05) is 0 Å². The quantitative estimate of drug-likeness (QED) is 0.810. The number of rotatable bonds is 6. The van der Waals surface area contributed by atoms with Crippen LogP contribution in [0, 0.1) is 0 Å². The molecule has 1 heterocycles. The molecule has 0 radical (unpaired) electrons. The number of ether oxygens (including phenoxy) is 1. The standard InChI is InChI=1S/C17H22Cl2N2O4/c1-3-20(15(24)10-22)9-14(23)21-7-6-11(8-21)16-13(25-2)5-4-12(18)17(16)19/h4-5,11,22H,3,6-10H2,1-2H3/t11-/m0/s1. The van der Waals surface area contributed by atoms with Crippen LogP contribution in [-0.2, 0) is 9.59 Å². The van der Waals surface area contributed by atoms with Crippen LogP contribution in [0.1, 0.15) is 24.8 Å². The molecule has 0 aromatic heterocycles. The van der Waals surface area contributed by atoms with Gasteiger partial charge in [0.1, 0.15) is 12.4 Å². The molecule has 1 aromatic carbocycles. The van der Waals surface area contributed by atoms with Crippen LogP contribution in [0.5, 0.6) is 5.75 Å². The third kappa shape index (κ3) is 4.37. The maximum absolute atomic E-state index is 12.5. The molecule has 138 valence electrons. The van der Waals surface area contributed by atoms with Crippen molar-refractivity contribution in [3.05, 3.63) is 27.7 Å². The van der Waals surface area contributed by atoms with Gasteiger partial charge in [0, 0.05) is 31.1 Å². The summed E-state index contributed by atoms with van der Waals surface area (Å²) < 4.78 is 5.39. The first kappa shape index (κ1) is 19.8. The van der Waals surface area contributed by atoms with Gasteiger partial charge in [0.05, 0.1) is 23.7 Å². The lowest BCUT2D eigenvalue weighted by molar-refractivity contribution is -0.141. The first-order valence-electron chi connectivity index (χ1n) is 8.11. The monoisotopic (exact) mass is 388 g/mol. The van der Waals surface area contributed by atoms with Gasteiger partial charge in [-0.25, -0.2) is 0 Å². The number of halogens is 2. The summed E-state index contributed by atoms with van der Waals surface area (Å²) in [7, 11) is 1.57. The van der Waals surface area contributed by atoms with Crippen molar-refractivity contribution >= 4 is 35.0 Å². The molecule has 0 aliphatic carbocycles. The van der Waals surface area contributed by atoms with Gasteiger partial charge in [-0.2, -0.15) is 0 Å². The maximum atomic E-state index is 12.5. The molecule has 0 saturated carbocycles. The summed E-state index contributed by atoms with van der Waals surface area (Å²) in [5, 5.41) is 9.86. The average Bonchev–Trinajstić information content (AvgIpc) is 3.10. The molecule has 0 spiro atoms. The number of carbonyl (C=O) groups is 2. The summed E-state index contributed by atoms with van der Waals surface area (Å²) in [5.74, 6) is 0.0717. The van der Waals surface area contributed by atoms with Crippen LogP contribution in [-0.4, -0.2) is 66.6 Å².